The van der Waals surface area contributed by atoms with Gasteiger partial charge in [0.05, 0.1) is 0 Å². The molecule has 13 heavy (non-hydrogen) atoms. The normalized spacial score (nSPS) is 22.4. The Balaban J connectivity index is 2.10. The minimum Gasteiger partial charge on any atom is -0.330 e. The molecule has 0 radical (unpaired) electrons. The highest BCUT2D eigenvalue weighted by Crippen LogP contribution is 2.34. The Morgan fingerprint density at radius 1 is 1.46 bits per heavy atom. The van der Waals surface area contributed by atoms with E-state index < -0.39 is 0 Å². The van der Waals surface area contributed by atoms with Gasteiger partial charge in [-0.2, -0.15) is 0 Å². The molecular formula is C11H24N2. The molecule has 0 amide bonds. The summed E-state index contributed by atoms with van der Waals surface area (Å²) in [6.45, 7) is 6.48. The number of hydrogen-bond acceptors (Lipinski definition) is 2. The second-order valence-electron chi connectivity index (χ2n) is 4.54. The maximum atomic E-state index is 5.57. The molecule has 0 aromatic rings. The van der Waals surface area contributed by atoms with Crippen LogP contribution in [0.25, 0.3) is 0 Å². The predicted molar refractivity (Wildman–Crippen MR) is 57.7 cm³/mol. The van der Waals surface area contributed by atoms with Crippen molar-refractivity contribution in [3.8, 4) is 0 Å². The van der Waals surface area contributed by atoms with E-state index in [-0.39, 0.29) is 0 Å². The van der Waals surface area contributed by atoms with E-state index in [0.717, 1.165) is 13.1 Å². The molecule has 78 valence electrons. The third-order valence-corrected chi connectivity index (χ3v) is 3.53. The van der Waals surface area contributed by atoms with Gasteiger partial charge in [0.25, 0.3) is 0 Å². The molecule has 0 aromatic heterocycles. The van der Waals surface area contributed by atoms with Gasteiger partial charge in [0.15, 0.2) is 0 Å². The summed E-state index contributed by atoms with van der Waals surface area (Å²) in [5.41, 5.74) is 6.08. The first kappa shape index (κ1) is 11.0. The zero-order valence-corrected chi connectivity index (χ0v) is 9.10. The summed E-state index contributed by atoms with van der Waals surface area (Å²) in [6.07, 6.45) is 6.66. The van der Waals surface area contributed by atoms with Crippen LogP contribution in [0.3, 0.4) is 0 Å². The summed E-state index contributed by atoms with van der Waals surface area (Å²) < 4.78 is 0. The monoisotopic (exact) mass is 184 g/mol. The van der Waals surface area contributed by atoms with Crippen LogP contribution in [0.2, 0.25) is 0 Å². The lowest BCUT2D eigenvalue weighted by Gasteiger charge is -2.42. The first-order valence-electron chi connectivity index (χ1n) is 5.67. The van der Waals surface area contributed by atoms with Gasteiger partial charge in [-0.3, -0.25) is 0 Å². The molecule has 1 saturated carbocycles. The van der Waals surface area contributed by atoms with Crippen LogP contribution < -0.4 is 11.1 Å². The zero-order valence-electron chi connectivity index (χ0n) is 9.10. The molecule has 1 aliphatic rings. The molecule has 3 N–H and O–H groups in total. The summed E-state index contributed by atoms with van der Waals surface area (Å²) in [4.78, 5) is 0. The van der Waals surface area contributed by atoms with E-state index in [4.69, 9.17) is 5.73 Å². The van der Waals surface area contributed by atoms with Gasteiger partial charge in [-0.15, -0.1) is 0 Å². The molecule has 2 heteroatoms. The molecule has 2 nitrogen and oxygen atoms in total. The smallest absolute Gasteiger partial charge is 0.0178 e. The fourth-order valence-electron chi connectivity index (χ4n) is 1.96. The van der Waals surface area contributed by atoms with Crippen LogP contribution in [0.5, 0.6) is 0 Å². The zero-order chi connectivity index (χ0) is 9.73. The molecule has 0 heterocycles. The molecule has 0 bridgehead atoms. The maximum Gasteiger partial charge on any atom is 0.0178 e. The molecule has 0 aromatic carbocycles. The average molecular weight is 184 g/mol. The van der Waals surface area contributed by atoms with Gasteiger partial charge in [-0.05, 0) is 51.1 Å². The van der Waals surface area contributed by atoms with Gasteiger partial charge in [-0.1, -0.05) is 13.8 Å². The van der Waals surface area contributed by atoms with E-state index in [1.165, 1.54) is 32.1 Å². The van der Waals surface area contributed by atoms with Crippen LogP contribution in [0.1, 0.15) is 46.0 Å². The second kappa shape index (κ2) is 4.97. The highest BCUT2D eigenvalue weighted by molar-refractivity contribution is 4.94. The van der Waals surface area contributed by atoms with Crippen molar-refractivity contribution in [2.75, 3.05) is 13.1 Å². The lowest BCUT2D eigenvalue weighted by atomic mass is 9.75. The summed E-state index contributed by atoms with van der Waals surface area (Å²) >= 11 is 0. The number of nitrogens with two attached hydrogens (primary N) is 1. The lowest BCUT2D eigenvalue weighted by molar-refractivity contribution is 0.175. The van der Waals surface area contributed by atoms with E-state index in [9.17, 15) is 0 Å². The quantitative estimate of drug-likeness (QED) is 0.661. The van der Waals surface area contributed by atoms with Crippen molar-refractivity contribution in [3.05, 3.63) is 0 Å². The predicted octanol–water partition coefficient (Wildman–Crippen LogP) is 1.89. The van der Waals surface area contributed by atoms with Gasteiger partial charge < -0.3 is 11.1 Å². The molecule has 0 saturated heterocycles. The summed E-state index contributed by atoms with van der Waals surface area (Å²) in [5.74, 6) is 0.668. The molecule has 1 atom stereocenters. The summed E-state index contributed by atoms with van der Waals surface area (Å²) in [5, 5.41) is 3.69. The number of nitrogens with one attached hydrogen (secondary N) is 1. The minimum absolute atomic E-state index is 0.508. The van der Waals surface area contributed by atoms with Gasteiger partial charge in [-0.25, -0.2) is 0 Å². The maximum absolute atomic E-state index is 5.57. The van der Waals surface area contributed by atoms with E-state index in [1.807, 2.05) is 0 Å². The molecule has 1 rings (SSSR count). The van der Waals surface area contributed by atoms with E-state index in [2.05, 4.69) is 19.2 Å². The third-order valence-electron chi connectivity index (χ3n) is 3.53. The third kappa shape index (κ3) is 2.96. The van der Waals surface area contributed by atoms with Gasteiger partial charge >= 0.3 is 0 Å². The fourth-order valence-corrected chi connectivity index (χ4v) is 1.96. The summed E-state index contributed by atoms with van der Waals surface area (Å²) in [7, 11) is 0. The number of rotatable bonds is 6. The second-order valence-corrected chi connectivity index (χ2v) is 4.54. The van der Waals surface area contributed by atoms with Gasteiger partial charge in [0.2, 0.25) is 0 Å². The Hall–Kier alpha value is -0.0800. The largest absolute Gasteiger partial charge is 0.330 e. The van der Waals surface area contributed by atoms with Crippen molar-refractivity contribution in [2.45, 2.75) is 51.5 Å². The van der Waals surface area contributed by atoms with Crippen LogP contribution in [0.15, 0.2) is 0 Å². The van der Waals surface area contributed by atoms with E-state index >= 15 is 0 Å². The number of hydrogen-bond donors (Lipinski definition) is 2. The van der Waals surface area contributed by atoms with Crippen molar-refractivity contribution in [1.29, 1.82) is 0 Å². The van der Waals surface area contributed by atoms with Crippen molar-refractivity contribution in [1.82, 2.24) is 5.32 Å². The average Bonchev–Trinajstić information content (AvgIpc) is 2.09. The Morgan fingerprint density at radius 3 is 2.54 bits per heavy atom. The molecule has 0 aliphatic heterocycles. The van der Waals surface area contributed by atoms with Crippen molar-refractivity contribution in [3.63, 3.8) is 0 Å². The van der Waals surface area contributed by atoms with Crippen LogP contribution >= 0.6 is 0 Å². The van der Waals surface area contributed by atoms with Crippen LogP contribution in [0, 0.1) is 5.92 Å². The topological polar surface area (TPSA) is 38.0 Å². The lowest BCUT2D eigenvalue weighted by Crippen LogP contribution is -2.50. The highest BCUT2D eigenvalue weighted by Gasteiger charge is 2.33. The Labute approximate surface area is 82.3 Å². The summed E-state index contributed by atoms with van der Waals surface area (Å²) in [6, 6.07) is 0. The molecular weight excluding hydrogens is 160 g/mol. The molecule has 1 fully saturated rings. The van der Waals surface area contributed by atoms with Crippen LogP contribution in [-0.4, -0.2) is 18.6 Å². The highest BCUT2D eigenvalue weighted by atomic mass is 15.0. The van der Waals surface area contributed by atoms with Crippen LogP contribution in [0.4, 0.5) is 0 Å². The minimum atomic E-state index is 0.508. The molecule has 1 unspecified atom stereocenters. The Bertz CT molecular complexity index is 136. The Kier molecular flexibility index (Phi) is 4.20. The van der Waals surface area contributed by atoms with Crippen molar-refractivity contribution in [2.24, 2.45) is 11.7 Å². The standard InChI is InChI=1S/C11H24N2/c1-3-11(6-4-7-11)13-8-5-10(2)9-12/h10,13H,3-9,12H2,1-2H3. The van der Waals surface area contributed by atoms with Crippen LogP contribution in [-0.2, 0) is 0 Å². The SMILES string of the molecule is CCC1(NCCC(C)CN)CCC1. The van der Waals surface area contributed by atoms with Gasteiger partial charge in [0, 0.05) is 5.54 Å². The fraction of sp³-hybridized carbons (Fsp3) is 1.00. The van der Waals surface area contributed by atoms with E-state index in [1.54, 1.807) is 0 Å². The van der Waals surface area contributed by atoms with Crippen molar-refractivity contribution >= 4 is 0 Å². The van der Waals surface area contributed by atoms with Gasteiger partial charge in [0.1, 0.15) is 0 Å². The first-order valence-corrected chi connectivity index (χ1v) is 5.67. The van der Waals surface area contributed by atoms with E-state index in [0.29, 0.717) is 11.5 Å². The van der Waals surface area contributed by atoms with Crippen molar-refractivity contribution < 1.29 is 0 Å². The first-order chi connectivity index (χ1) is 6.22. The molecule has 1 aliphatic carbocycles. The molecule has 0 spiro atoms. The Morgan fingerprint density at radius 2 is 2.15 bits per heavy atom.